The van der Waals surface area contributed by atoms with Crippen LogP contribution in [0.25, 0.3) is 11.1 Å². The molecular formula is C35H30F3N5O4S. The third-order valence-corrected chi connectivity index (χ3v) is 9.23. The number of carbonyl (C=O) groups is 3. The van der Waals surface area contributed by atoms with E-state index in [1.165, 1.54) is 41.5 Å². The first-order valence-corrected chi connectivity index (χ1v) is 16.0. The Bertz CT molecular complexity index is 1930. The zero-order chi connectivity index (χ0) is 33.8. The van der Waals surface area contributed by atoms with Crippen LogP contribution in [0.2, 0.25) is 0 Å². The fraction of sp³-hybridized carbons (Fsp3) is 0.229. The van der Waals surface area contributed by atoms with Gasteiger partial charge in [-0.05, 0) is 47.7 Å². The number of piperidine rings is 1. The van der Waals surface area contributed by atoms with Crippen molar-refractivity contribution in [3.8, 4) is 11.1 Å². The average molecular weight is 674 g/mol. The monoisotopic (exact) mass is 673 g/mol. The molecule has 246 valence electrons. The van der Waals surface area contributed by atoms with Crippen molar-refractivity contribution in [1.29, 1.82) is 0 Å². The number of amides is 2. The smallest absolute Gasteiger partial charge is 0.416 e. The molecule has 6 rings (SSSR count). The first kappa shape index (κ1) is 32.6. The van der Waals surface area contributed by atoms with Gasteiger partial charge in [0.2, 0.25) is 0 Å². The van der Waals surface area contributed by atoms with Gasteiger partial charge in [0.1, 0.15) is 17.1 Å². The zero-order valence-electron chi connectivity index (χ0n) is 25.7. The van der Waals surface area contributed by atoms with Crippen LogP contribution in [0.4, 0.5) is 19.0 Å². The van der Waals surface area contributed by atoms with Crippen LogP contribution in [0.15, 0.2) is 90.4 Å². The number of nitrogens with one attached hydrogen (secondary N) is 1. The number of likely N-dealkylation sites (tertiary alicyclic amines) is 1. The van der Waals surface area contributed by atoms with E-state index in [1.807, 2.05) is 30.3 Å². The Morgan fingerprint density at radius 2 is 1.62 bits per heavy atom. The van der Waals surface area contributed by atoms with Crippen LogP contribution in [0.3, 0.4) is 0 Å². The number of benzene rings is 3. The summed E-state index contributed by atoms with van der Waals surface area (Å²) in [5.74, 6) is -1.10. The van der Waals surface area contributed by atoms with Crippen LogP contribution in [-0.4, -0.2) is 57.6 Å². The Hall–Kier alpha value is -5.30. The van der Waals surface area contributed by atoms with Crippen LogP contribution in [0.1, 0.15) is 66.1 Å². The highest BCUT2D eigenvalue weighted by Crippen LogP contribution is 2.34. The number of rotatable bonds is 8. The fourth-order valence-corrected chi connectivity index (χ4v) is 6.64. The van der Waals surface area contributed by atoms with Crippen LogP contribution >= 0.6 is 11.3 Å². The number of alkyl halides is 3. The minimum Gasteiger partial charge on any atom is -0.465 e. The molecule has 3 heterocycles. The first-order valence-electron chi connectivity index (χ1n) is 15.1. The molecule has 1 aliphatic heterocycles. The molecule has 13 heteroatoms. The summed E-state index contributed by atoms with van der Waals surface area (Å²) >= 11 is 1.36. The molecule has 1 aliphatic rings. The fourth-order valence-electron chi connectivity index (χ4n) is 5.66. The maximum atomic E-state index is 13.6. The van der Waals surface area contributed by atoms with Gasteiger partial charge in [0, 0.05) is 30.0 Å². The molecule has 0 unspecified atom stereocenters. The van der Waals surface area contributed by atoms with E-state index in [0.29, 0.717) is 49.2 Å². The van der Waals surface area contributed by atoms with Crippen LogP contribution < -0.4 is 5.32 Å². The van der Waals surface area contributed by atoms with Gasteiger partial charge >= 0.3 is 12.1 Å². The minimum atomic E-state index is -4.44. The lowest BCUT2D eigenvalue weighted by atomic mass is 9.94. The number of nitrogens with zero attached hydrogens (tertiary/aromatic N) is 4. The number of halogens is 3. The van der Waals surface area contributed by atoms with E-state index in [0.717, 1.165) is 22.7 Å². The number of methoxy groups -OCH3 is 1. The number of hydrogen-bond acceptors (Lipinski definition) is 7. The molecule has 2 amide bonds. The van der Waals surface area contributed by atoms with E-state index in [2.05, 4.69) is 15.4 Å². The van der Waals surface area contributed by atoms with Crippen LogP contribution in [-0.2, 0) is 17.5 Å². The molecule has 0 aliphatic carbocycles. The zero-order valence-corrected chi connectivity index (χ0v) is 26.6. The summed E-state index contributed by atoms with van der Waals surface area (Å²) in [6.07, 6.45) is -1.84. The van der Waals surface area contributed by atoms with Gasteiger partial charge in [-0.25, -0.2) is 14.5 Å². The Balaban J connectivity index is 1.11. The molecular weight excluding hydrogens is 643 g/mol. The molecule has 0 spiro atoms. The van der Waals surface area contributed by atoms with Crippen molar-refractivity contribution in [3.05, 3.63) is 123 Å². The molecule has 1 N–H and O–H groups in total. The average Bonchev–Trinajstić information content (AvgIpc) is 3.76. The topological polar surface area (TPSA) is 106 Å². The van der Waals surface area contributed by atoms with E-state index >= 15 is 0 Å². The lowest BCUT2D eigenvalue weighted by Crippen LogP contribution is -2.38. The molecule has 5 aromatic rings. The predicted octanol–water partition coefficient (Wildman–Crippen LogP) is 7.13. The van der Waals surface area contributed by atoms with Crippen LogP contribution in [0.5, 0.6) is 0 Å². The van der Waals surface area contributed by atoms with E-state index < -0.39 is 23.6 Å². The Morgan fingerprint density at radius 1 is 0.938 bits per heavy atom. The van der Waals surface area contributed by atoms with Gasteiger partial charge in [-0.1, -0.05) is 60.7 Å². The van der Waals surface area contributed by atoms with Crippen molar-refractivity contribution in [2.24, 2.45) is 0 Å². The second kappa shape index (κ2) is 13.8. The molecule has 0 bridgehead atoms. The maximum absolute atomic E-state index is 13.6. The number of carbonyl (C=O) groups excluding carboxylic acids is 3. The van der Waals surface area contributed by atoms with Gasteiger partial charge in [-0.2, -0.15) is 18.3 Å². The number of esters is 1. The number of aromatic nitrogens is 3. The lowest BCUT2D eigenvalue weighted by molar-refractivity contribution is -0.137. The number of hydrogen-bond donors (Lipinski definition) is 1. The summed E-state index contributed by atoms with van der Waals surface area (Å²) in [5, 5.41) is 9.52. The Kier molecular flexibility index (Phi) is 9.40. The van der Waals surface area contributed by atoms with E-state index in [9.17, 15) is 27.6 Å². The molecule has 1 fully saturated rings. The number of thiazole rings is 1. The molecule has 9 nitrogen and oxygen atoms in total. The third-order valence-electron chi connectivity index (χ3n) is 8.22. The van der Waals surface area contributed by atoms with E-state index in [4.69, 9.17) is 4.74 Å². The van der Waals surface area contributed by atoms with Gasteiger partial charge in [0.05, 0.1) is 30.4 Å². The van der Waals surface area contributed by atoms with Crippen molar-refractivity contribution >= 4 is 34.9 Å². The van der Waals surface area contributed by atoms with E-state index in [-0.39, 0.29) is 28.9 Å². The number of anilines is 1. The highest BCUT2D eigenvalue weighted by molar-refractivity contribution is 7.10. The summed E-state index contributed by atoms with van der Waals surface area (Å²) in [7, 11) is 1.26. The standard InChI is InChI=1S/C35H30F3N5O4S/c1-47-34(46)28-19-39-43(20-22-7-3-2-4-8-22)30(28)41-31(44)29-21-48-32(40-29)24-15-17-42(18-16-24)33(45)27-10-6-5-9-26(27)23-11-13-25(14-12-23)35(36,37)38/h2-14,19,21,24H,15-18,20H2,1H3,(H,41,44). The predicted molar refractivity (Wildman–Crippen MR) is 174 cm³/mol. The molecule has 1 saturated heterocycles. The van der Waals surface area contributed by atoms with Gasteiger partial charge in [0.25, 0.3) is 11.8 Å². The minimum absolute atomic E-state index is 0.0278. The Labute approximate surface area is 278 Å². The van der Waals surface area contributed by atoms with Gasteiger partial charge in [0.15, 0.2) is 0 Å². The summed E-state index contributed by atoms with van der Waals surface area (Å²) in [6.45, 7) is 1.22. The molecule has 0 radical (unpaired) electrons. The lowest BCUT2D eigenvalue weighted by Gasteiger charge is -2.31. The molecule has 0 atom stereocenters. The van der Waals surface area contributed by atoms with Gasteiger partial charge < -0.3 is 15.0 Å². The highest BCUT2D eigenvalue weighted by atomic mass is 32.1. The van der Waals surface area contributed by atoms with Crippen molar-refractivity contribution in [1.82, 2.24) is 19.7 Å². The molecule has 48 heavy (non-hydrogen) atoms. The second-order valence-corrected chi connectivity index (χ2v) is 12.1. The summed E-state index contributed by atoms with van der Waals surface area (Å²) in [4.78, 5) is 45.7. The number of ether oxygens (including phenoxy) is 1. The molecule has 3 aromatic carbocycles. The van der Waals surface area contributed by atoms with Crippen molar-refractivity contribution in [2.75, 3.05) is 25.5 Å². The SMILES string of the molecule is COC(=O)c1cnn(Cc2ccccc2)c1NC(=O)c1csc(C2CCN(C(=O)c3ccccc3-c3ccc(C(F)(F)F)cc3)CC2)n1. The largest absolute Gasteiger partial charge is 0.465 e. The Morgan fingerprint density at radius 3 is 2.31 bits per heavy atom. The van der Waals surface area contributed by atoms with E-state index in [1.54, 1.807) is 34.5 Å². The quantitative estimate of drug-likeness (QED) is 0.176. The highest BCUT2D eigenvalue weighted by Gasteiger charge is 2.31. The second-order valence-electron chi connectivity index (χ2n) is 11.3. The van der Waals surface area contributed by atoms with Crippen molar-refractivity contribution in [3.63, 3.8) is 0 Å². The van der Waals surface area contributed by atoms with Gasteiger partial charge in [-0.15, -0.1) is 11.3 Å². The summed E-state index contributed by atoms with van der Waals surface area (Å²) in [5.41, 5.74) is 2.00. The first-order chi connectivity index (χ1) is 23.1. The van der Waals surface area contributed by atoms with Crippen LogP contribution in [0, 0.1) is 0 Å². The van der Waals surface area contributed by atoms with Crippen molar-refractivity contribution < 1.29 is 32.3 Å². The molecule has 2 aromatic heterocycles. The maximum Gasteiger partial charge on any atom is 0.416 e. The van der Waals surface area contributed by atoms with Crippen molar-refractivity contribution in [2.45, 2.75) is 31.5 Å². The normalized spacial score (nSPS) is 13.7. The summed E-state index contributed by atoms with van der Waals surface area (Å²) in [6, 6.07) is 21.2. The summed E-state index contributed by atoms with van der Waals surface area (Å²) < 4.78 is 45.6. The molecule has 0 saturated carbocycles. The third kappa shape index (κ3) is 7.00. The van der Waals surface area contributed by atoms with Gasteiger partial charge in [-0.3, -0.25) is 9.59 Å².